The van der Waals surface area contributed by atoms with Gasteiger partial charge < -0.3 is 4.90 Å². The van der Waals surface area contributed by atoms with Gasteiger partial charge in [-0.3, -0.25) is 9.52 Å². The molecule has 0 aromatic heterocycles. The molecule has 0 bridgehead atoms. The molecule has 7 heteroatoms. The van der Waals surface area contributed by atoms with Crippen LogP contribution in [0, 0.1) is 5.82 Å². The van der Waals surface area contributed by atoms with Crippen molar-refractivity contribution in [3.63, 3.8) is 0 Å². The van der Waals surface area contributed by atoms with Crippen LogP contribution in [0.1, 0.15) is 37.7 Å². The second kappa shape index (κ2) is 8.73. The highest BCUT2D eigenvalue weighted by molar-refractivity contribution is 7.92. The highest BCUT2D eigenvalue weighted by atomic mass is 32.2. The topological polar surface area (TPSA) is 66.5 Å². The van der Waals surface area contributed by atoms with E-state index in [4.69, 9.17) is 0 Å². The lowest BCUT2D eigenvalue weighted by Gasteiger charge is -2.31. The number of amides is 1. The summed E-state index contributed by atoms with van der Waals surface area (Å²) in [7, 11) is -1.92. The number of likely N-dealkylation sites (N-methyl/N-ethyl adjacent to an activating group) is 1. The van der Waals surface area contributed by atoms with Gasteiger partial charge in [0.15, 0.2) is 0 Å². The van der Waals surface area contributed by atoms with Crippen LogP contribution in [0.15, 0.2) is 53.4 Å². The Balaban J connectivity index is 1.61. The quantitative estimate of drug-likeness (QED) is 0.792. The summed E-state index contributed by atoms with van der Waals surface area (Å²) in [5.74, 6) is -0.419. The normalized spacial score (nSPS) is 15.2. The number of carbonyl (C=O) groups excluding carboxylic acids is 1. The Bertz CT molecular complexity index is 906. The van der Waals surface area contributed by atoms with Gasteiger partial charge in [0, 0.05) is 18.8 Å². The third kappa shape index (κ3) is 5.10. The smallest absolute Gasteiger partial charge is 0.261 e. The number of rotatable bonds is 6. The second-order valence-electron chi connectivity index (χ2n) is 7.23. The van der Waals surface area contributed by atoms with E-state index in [1.807, 2.05) is 11.9 Å². The predicted octanol–water partition coefficient (Wildman–Crippen LogP) is 3.96. The van der Waals surface area contributed by atoms with Crippen LogP contribution in [0.5, 0.6) is 0 Å². The number of benzene rings is 2. The molecule has 0 atom stereocenters. The molecule has 0 spiro atoms. The second-order valence-corrected chi connectivity index (χ2v) is 8.91. The van der Waals surface area contributed by atoms with Crippen LogP contribution in [0.3, 0.4) is 0 Å². The van der Waals surface area contributed by atoms with Gasteiger partial charge in [0.25, 0.3) is 10.0 Å². The molecule has 1 amide bonds. The summed E-state index contributed by atoms with van der Waals surface area (Å²) in [6, 6.07) is 11.7. The third-order valence-corrected chi connectivity index (χ3v) is 6.60. The summed E-state index contributed by atoms with van der Waals surface area (Å²) >= 11 is 0. The zero-order valence-corrected chi connectivity index (χ0v) is 16.7. The van der Waals surface area contributed by atoms with E-state index in [2.05, 4.69) is 4.72 Å². The number of hydrogen-bond donors (Lipinski definition) is 1. The van der Waals surface area contributed by atoms with Crippen LogP contribution in [0.2, 0.25) is 0 Å². The Morgan fingerprint density at radius 3 is 2.25 bits per heavy atom. The minimum atomic E-state index is -3.79. The summed E-state index contributed by atoms with van der Waals surface area (Å²) in [5.41, 5.74) is 1.22. The van der Waals surface area contributed by atoms with Gasteiger partial charge in [0.05, 0.1) is 11.3 Å². The fourth-order valence-electron chi connectivity index (χ4n) is 3.49. The summed E-state index contributed by atoms with van der Waals surface area (Å²) in [5, 5.41) is 0. The molecule has 1 fully saturated rings. The first-order valence-corrected chi connectivity index (χ1v) is 11.0. The van der Waals surface area contributed by atoms with Crippen LogP contribution in [0.4, 0.5) is 10.1 Å². The maximum atomic E-state index is 13.0. The Labute approximate surface area is 165 Å². The fourth-order valence-corrected chi connectivity index (χ4v) is 4.55. The molecule has 5 nitrogen and oxygen atoms in total. The third-order valence-electron chi connectivity index (χ3n) is 5.20. The number of halogens is 1. The number of sulfonamides is 1. The molecule has 1 N–H and O–H groups in total. The van der Waals surface area contributed by atoms with Gasteiger partial charge >= 0.3 is 0 Å². The Hall–Kier alpha value is -2.41. The monoisotopic (exact) mass is 404 g/mol. The standard InChI is InChI=1S/C21H25FN2O3S/c1-24(19-5-3-2-4-6-19)21(25)15-16-7-11-18(12-8-16)23-28(26,27)20-13-9-17(22)10-14-20/h7-14,19,23H,2-6,15H2,1H3. The van der Waals surface area contributed by atoms with E-state index in [1.54, 1.807) is 24.3 Å². The molecule has 0 heterocycles. The van der Waals surface area contributed by atoms with Gasteiger partial charge in [-0.25, -0.2) is 12.8 Å². The maximum absolute atomic E-state index is 13.0. The van der Waals surface area contributed by atoms with Gasteiger partial charge in [-0.05, 0) is 54.8 Å². The molecule has 2 aromatic carbocycles. The number of anilines is 1. The summed E-state index contributed by atoms with van der Waals surface area (Å²) < 4.78 is 40.1. The van der Waals surface area contributed by atoms with E-state index in [1.165, 1.54) is 31.4 Å². The number of carbonyl (C=O) groups is 1. The van der Waals surface area contributed by atoms with E-state index in [9.17, 15) is 17.6 Å². The van der Waals surface area contributed by atoms with E-state index in [0.29, 0.717) is 11.7 Å². The summed E-state index contributed by atoms with van der Waals surface area (Å²) in [6.45, 7) is 0. The van der Waals surface area contributed by atoms with Crippen LogP contribution in [-0.2, 0) is 21.2 Å². The molecule has 0 unspecified atom stereocenters. The first-order valence-electron chi connectivity index (χ1n) is 9.48. The van der Waals surface area contributed by atoms with Crippen molar-refractivity contribution in [3.05, 3.63) is 59.9 Å². The molecule has 1 aliphatic rings. The Kier molecular flexibility index (Phi) is 6.34. The van der Waals surface area contributed by atoms with Crippen molar-refractivity contribution in [3.8, 4) is 0 Å². The number of nitrogens with zero attached hydrogens (tertiary/aromatic N) is 1. The Morgan fingerprint density at radius 1 is 1.04 bits per heavy atom. The average Bonchev–Trinajstić information content (AvgIpc) is 2.69. The lowest BCUT2D eigenvalue weighted by atomic mass is 9.94. The molecule has 0 aliphatic heterocycles. The maximum Gasteiger partial charge on any atom is 0.261 e. The molecule has 150 valence electrons. The van der Waals surface area contributed by atoms with E-state index in [-0.39, 0.29) is 17.2 Å². The average molecular weight is 405 g/mol. The van der Waals surface area contributed by atoms with Gasteiger partial charge in [0.1, 0.15) is 5.82 Å². The lowest BCUT2D eigenvalue weighted by molar-refractivity contribution is -0.131. The van der Waals surface area contributed by atoms with Crippen LogP contribution in [-0.4, -0.2) is 32.3 Å². The largest absolute Gasteiger partial charge is 0.342 e. The highest BCUT2D eigenvalue weighted by Gasteiger charge is 2.22. The van der Waals surface area contributed by atoms with Crippen molar-refractivity contribution in [2.45, 2.75) is 49.5 Å². The van der Waals surface area contributed by atoms with E-state index < -0.39 is 15.8 Å². The molecule has 28 heavy (non-hydrogen) atoms. The zero-order chi connectivity index (χ0) is 20.1. The van der Waals surface area contributed by atoms with Gasteiger partial charge in [0.2, 0.25) is 5.91 Å². The molecule has 0 saturated heterocycles. The fraction of sp³-hybridized carbons (Fsp3) is 0.381. The number of hydrogen-bond acceptors (Lipinski definition) is 3. The van der Waals surface area contributed by atoms with Crippen molar-refractivity contribution in [1.82, 2.24) is 4.90 Å². The van der Waals surface area contributed by atoms with Crippen molar-refractivity contribution < 1.29 is 17.6 Å². The van der Waals surface area contributed by atoms with Crippen molar-refractivity contribution in [2.24, 2.45) is 0 Å². The van der Waals surface area contributed by atoms with Gasteiger partial charge in [-0.1, -0.05) is 31.4 Å². The summed E-state index contributed by atoms with van der Waals surface area (Å²) in [6.07, 6.45) is 6.00. The number of nitrogens with one attached hydrogen (secondary N) is 1. The van der Waals surface area contributed by atoms with Crippen LogP contribution in [0.25, 0.3) is 0 Å². The molecule has 1 aliphatic carbocycles. The zero-order valence-electron chi connectivity index (χ0n) is 15.9. The van der Waals surface area contributed by atoms with E-state index in [0.717, 1.165) is 30.5 Å². The minimum absolute atomic E-state index is 0.0118. The van der Waals surface area contributed by atoms with Crippen molar-refractivity contribution in [2.75, 3.05) is 11.8 Å². The molecule has 0 radical (unpaired) electrons. The highest BCUT2D eigenvalue weighted by Crippen LogP contribution is 2.22. The van der Waals surface area contributed by atoms with Crippen molar-refractivity contribution >= 4 is 21.6 Å². The first kappa shape index (κ1) is 20.3. The minimum Gasteiger partial charge on any atom is -0.342 e. The van der Waals surface area contributed by atoms with Crippen molar-refractivity contribution in [1.29, 1.82) is 0 Å². The molecule has 3 rings (SSSR count). The Morgan fingerprint density at radius 2 is 1.64 bits per heavy atom. The lowest BCUT2D eigenvalue weighted by Crippen LogP contribution is -2.39. The first-order chi connectivity index (χ1) is 13.3. The molecule has 2 aromatic rings. The van der Waals surface area contributed by atoms with Gasteiger partial charge in [-0.2, -0.15) is 0 Å². The molecular formula is C21H25FN2O3S. The summed E-state index contributed by atoms with van der Waals surface area (Å²) in [4.78, 5) is 14.4. The van der Waals surface area contributed by atoms with E-state index >= 15 is 0 Å². The van der Waals surface area contributed by atoms with Gasteiger partial charge in [-0.15, -0.1) is 0 Å². The van der Waals surface area contributed by atoms with Crippen LogP contribution < -0.4 is 4.72 Å². The molecule has 1 saturated carbocycles. The van der Waals surface area contributed by atoms with Crippen LogP contribution >= 0.6 is 0 Å². The SMILES string of the molecule is CN(C(=O)Cc1ccc(NS(=O)(=O)c2ccc(F)cc2)cc1)C1CCCCC1. The predicted molar refractivity (Wildman–Crippen MR) is 107 cm³/mol. The molecular weight excluding hydrogens is 379 g/mol.